The fraction of sp³-hybridized carbons (Fsp3) is 0.471. The number of hydrogen-bond donors (Lipinski definition) is 4. The van der Waals surface area contributed by atoms with Crippen LogP contribution in [0.2, 0.25) is 0 Å². The molecule has 0 radical (unpaired) electrons. The fourth-order valence-corrected chi connectivity index (χ4v) is 9.22. The lowest BCUT2D eigenvalue weighted by Gasteiger charge is -2.58. The molecule has 0 spiro atoms. The highest BCUT2D eigenvalue weighted by Gasteiger charge is 2.54. The molecule has 248 valence electrons. The maximum atomic E-state index is 13.5. The second-order valence-corrected chi connectivity index (χ2v) is 14.9. The van der Waals surface area contributed by atoms with E-state index in [1.807, 2.05) is 6.07 Å². The predicted octanol–water partition coefficient (Wildman–Crippen LogP) is 3.19. The third-order valence-corrected chi connectivity index (χ3v) is 10.9. The Morgan fingerprint density at radius 3 is 2.45 bits per heavy atom. The number of alkyl halides is 1. The zero-order valence-corrected chi connectivity index (χ0v) is 27.9. The number of hydrogen-bond acceptors (Lipinski definition) is 7. The summed E-state index contributed by atoms with van der Waals surface area (Å²) < 4.78 is 7.15. The monoisotopic (exact) mass is 707 g/mol. The summed E-state index contributed by atoms with van der Waals surface area (Å²) in [6.45, 7) is 1.50. The number of nitrogens with zero attached hydrogens (tertiary/aromatic N) is 1. The van der Waals surface area contributed by atoms with E-state index in [-0.39, 0.29) is 47.1 Å². The standard InChI is InChI=1S/C34H38BrN5O7/c1-18-22-6-3-4-8-26(22)47-29(18)32(45)37-23(9-10-25(41)31(44)36-2)30(43)38-24-7-5-11-40(33(24)46)17-27(42)39-28-20-12-19-13-21(28)16-34(35,14-19)15-20/h3-8,11,19-21,23,28H,9-10,12-17H2,1-2H3,(H,36,44)(H,37,45)(H,38,43)(H,39,42)/t19?,20?,21?,23-,28?,34?/m0/s1. The SMILES string of the molecule is CNC(=O)C(=O)CC[C@H](NC(=O)c1oc2ccccc2c1C)C(=O)Nc1cccn(CC(=O)NC2C3CC4CC2CC(Br)(C4)C3)c1=O. The minimum absolute atomic E-state index is 0.000134. The van der Waals surface area contributed by atoms with Crippen LogP contribution in [0.1, 0.15) is 61.1 Å². The van der Waals surface area contributed by atoms with E-state index in [4.69, 9.17) is 4.42 Å². The van der Waals surface area contributed by atoms with E-state index < -0.39 is 35.1 Å². The average molecular weight is 709 g/mol. The lowest BCUT2D eigenvalue weighted by Crippen LogP contribution is -2.60. The van der Waals surface area contributed by atoms with Gasteiger partial charge in [-0.3, -0.25) is 28.8 Å². The summed E-state index contributed by atoms with van der Waals surface area (Å²) in [4.78, 5) is 77.4. The van der Waals surface area contributed by atoms with Crippen LogP contribution in [0.25, 0.3) is 11.0 Å². The van der Waals surface area contributed by atoms with E-state index in [0.29, 0.717) is 28.9 Å². The lowest BCUT2D eigenvalue weighted by molar-refractivity contribution is -0.137. The van der Waals surface area contributed by atoms with Gasteiger partial charge in [0.1, 0.15) is 23.9 Å². The van der Waals surface area contributed by atoms with Crippen LogP contribution < -0.4 is 26.8 Å². The van der Waals surface area contributed by atoms with Crippen molar-refractivity contribution in [1.82, 2.24) is 20.5 Å². The van der Waals surface area contributed by atoms with Crippen molar-refractivity contribution >= 4 is 62.0 Å². The number of rotatable bonds is 11. The van der Waals surface area contributed by atoms with E-state index >= 15 is 0 Å². The number of carbonyl (C=O) groups excluding carboxylic acids is 5. The molecule has 2 heterocycles. The van der Waals surface area contributed by atoms with Gasteiger partial charge >= 0.3 is 0 Å². The largest absolute Gasteiger partial charge is 0.451 e. The van der Waals surface area contributed by atoms with Crippen LogP contribution in [0.4, 0.5) is 5.69 Å². The molecule has 4 amide bonds. The minimum Gasteiger partial charge on any atom is -0.451 e. The summed E-state index contributed by atoms with van der Waals surface area (Å²) in [5.41, 5.74) is 0.372. The molecule has 2 aromatic heterocycles. The zero-order chi connectivity index (χ0) is 33.5. The Labute approximate surface area is 279 Å². The van der Waals surface area contributed by atoms with Gasteiger partial charge in [0.2, 0.25) is 17.6 Å². The molecule has 3 aromatic rings. The van der Waals surface area contributed by atoms with Gasteiger partial charge in [-0.15, -0.1) is 0 Å². The number of aryl methyl sites for hydroxylation is 1. The number of halogens is 1. The number of amides is 4. The molecule has 0 aliphatic heterocycles. The van der Waals surface area contributed by atoms with Crippen molar-refractivity contribution in [3.05, 3.63) is 64.3 Å². The highest BCUT2D eigenvalue weighted by Crippen LogP contribution is 2.59. The molecule has 4 aliphatic carbocycles. The molecule has 1 aromatic carbocycles. The van der Waals surface area contributed by atoms with Crippen LogP contribution in [-0.4, -0.2) is 57.4 Å². The molecular weight excluding hydrogens is 670 g/mol. The number of pyridine rings is 1. The van der Waals surface area contributed by atoms with Crippen molar-refractivity contribution < 1.29 is 28.4 Å². The predicted molar refractivity (Wildman–Crippen MR) is 177 cm³/mol. The van der Waals surface area contributed by atoms with E-state index in [9.17, 15) is 28.8 Å². The number of para-hydroxylation sites is 1. The number of aromatic nitrogens is 1. The number of anilines is 1. The van der Waals surface area contributed by atoms with Crippen LogP contribution >= 0.6 is 15.9 Å². The highest BCUT2D eigenvalue weighted by atomic mass is 79.9. The first-order valence-corrected chi connectivity index (χ1v) is 16.8. The summed E-state index contributed by atoms with van der Waals surface area (Å²) in [5.74, 6) is -1.80. The fourth-order valence-electron chi connectivity index (χ4n) is 7.94. The lowest BCUT2D eigenvalue weighted by atomic mass is 9.54. The second-order valence-electron chi connectivity index (χ2n) is 13.2. The van der Waals surface area contributed by atoms with Gasteiger partial charge in [0.25, 0.3) is 17.4 Å². The Morgan fingerprint density at radius 2 is 1.77 bits per heavy atom. The molecule has 0 saturated heterocycles. The Balaban J connectivity index is 1.14. The molecule has 4 aliphatic rings. The van der Waals surface area contributed by atoms with Crippen molar-refractivity contribution in [3.8, 4) is 0 Å². The van der Waals surface area contributed by atoms with Crippen molar-refractivity contribution in [3.63, 3.8) is 0 Å². The number of likely N-dealkylation sites (N-methyl/N-ethyl adjacent to an activating group) is 1. The van der Waals surface area contributed by atoms with Gasteiger partial charge in [0, 0.05) is 41.0 Å². The molecule has 4 saturated carbocycles. The quantitative estimate of drug-likeness (QED) is 0.175. The Bertz CT molecular complexity index is 1800. The molecule has 4 fully saturated rings. The summed E-state index contributed by atoms with van der Waals surface area (Å²) in [6, 6.07) is 8.83. The topological polar surface area (TPSA) is 169 Å². The summed E-state index contributed by atoms with van der Waals surface area (Å²) in [6.07, 6.45) is 6.42. The van der Waals surface area contributed by atoms with Crippen molar-refractivity contribution in [1.29, 1.82) is 0 Å². The molecule has 7 rings (SSSR count). The zero-order valence-electron chi connectivity index (χ0n) is 26.3. The van der Waals surface area contributed by atoms with Crippen molar-refractivity contribution in [2.24, 2.45) is 17.8 Å². The summed E-state index contributed by atoms with van der Waals surface area (Å²) in [7, 11) is 1.32. The number of carbonyl (C=O) groups is 5. The molecular formula is C34H38BrN5O7. The smallest absolute Gasteiger partial charge is 0.287 e. The maximum absolute atomic E-state index is 13.5. The van der Waals surface area contributed by atoms with Gasteiger partial charge in [-0.2, -0.15) is 0 Å². The average Bonchev–Trinajstić information content (AvgIpc) is 3.37. The first-order valence-electron chi connectivity index (χ1n) is 16.0. The van der Waals surface area contributed by atoms with Gasteiger partial charge in [-0.1, -0.05) is 34.1 Å². The number of furan rings is 1. The van der Waals surface area contributed by atoms with E-state index in [1.54, 1.807) is 31.2 Å². The number of ketones is 1. The molecule has 13 heteroatoms. The molecule has 2 unspecified atom stereocenters. The molecule has 4 N–H and O–H groups in total. The minimum atomic E-state index is -1.30. The third kappa shape index (κ3) is 6.76. The van der Waals surface area contributed by atoms with Crippen LogP contribution in [0.5, 0.6) is 0 Å². The highest BCUT2D eigenvalue weighted by molar-refractivity contribution is 9.10. The Kier molecular flexibility index (Phi) is 9.10. The number of benzene rings is 1. The van der Waals surface area contributed by atoms with Crippen molar-refractivity contribution in [2.75, 3.05) is 12.4 Å². The summed E-state index contributed by atoms with van der Waals surface area (Å²) in [5, 5.41) is 11.3. The van der Waals surface area contributed by atoms with Gasteiger partial charge in [-0.05, 0) is 81.4 Å². The molecule has 4 bridgehead atoms. The maximum Gasteiger partial charge on any atom is 0.287 e. The van der Waals surface area contributed by atoms with E-state index in [1.165, 1.54) is 30.3 Å². The first-order chi connectivity index (χ1) is 22.4. The molecule has 47 heavy (non-hydrogen) atoms. The normalized spacial score (nSPS) is 24.8. The number of Topliss-reactive ketones (excluding diaryl/α,β-unsaturated/α-hetero) is 1. The van der Waals surface area contributed by atoms with Crippen molar-refractivity contribution in [2.45, 2.75) is 74.8 Å². The third-order valence-electron chi connectivity index (χ3n) is 9.93. The van der Waals surface area contributed by atoms with Gasteiger partial charge < -0.3 is 30.3 Å². The van der Waals surface area contributed by atoms with Gasteiger partial charge in [0.05, 0.1) is 0 Å². The van der Waals surface area contributed by atoms with Crippen LogP contribution in [0, 0.1) is 24.7 Å². The van der Waals surface area contributed by atoms with Gasteiger partial charge in [-0.25, -0.2) is 0 Å². The van der Waals surface area contributed by atoms with Crippen LogP contribution in [0.15, 0.2) is 51.8 Å². The molecule has 3 atom stereocenters. The number of nitrogens with one attached hydrogen (secondary N) is 4. The summed E-state index contributed by atoms with van der Waals surface area (Å²) >= 11 is 3.96. The number of fused-ring (bicyclic) bond motifs is 1. The Morgan fingerprint density at radius 1 is 1.04 bits per heavy atom. The van der Waals surface area contributed by atoms with E-state index in [0.717, 1.165) is 31.1 Å². The van der Waals surface area contributed by atoms with Crippen LogP contribution in [-0.2, 0) is 25.7 Å². The Hall–Kier alpha value is -4.26. The van der Waals surface area contributed by atoms with Crippen LogP contribution in [0.3, 0.4) is 0 Å². The molecule has 12 nitrogen and oxygen atoms in total. The van der Waals surface area contributed by atoms with Gasteiger partial charge in [0.15, 0.2) is 5.76 Å². The van der Waals surface area contributed by atoms with E-state index in [2.05, 4.69) is 37.2 Å². The first kappa shape index (κ1) is 32.7. The second kappa shape index (κ2) is 13.1.